The molecule has 0 saturated heterocycles. The number of likely N-dealkylation sites (N-methyl/N-ethyl adjacent to an activating group) is 1. The van der Waals surface area contributed by atoms with Gasteiger partial charge in [0.05, 0.1) is 11.1 Å². The van der Waals surface area contributed by atoms with Gasteiger partial charge in [-0.05, 0) is 96.6 Å². The van der Waals surface area contributed by atoms with Crippen LogP contribution >= 0.6 is 11.8 Å². The molecule has 2 heterocycles. The number of fused-ring (bicyclic) bond motifs is 6. The number of rotatable bonds is 4. The molecule has 35 heavy (non-hydrogen) atoms. The SMILES string of the molecule is CNC1(/C(C)=C/N=CC(C)C)c2ccc(C)c(c2)Sc2cccc(c2)-c2ccnc3ccc1cc23. The van der Waals surface area contributed by atoms with Crippen LogP contribution in [0.1, 0.15) is 37.5 Å². The highest BCUT2D eigenvalue weighted by Gasteiger charge is 2.36. The van der Waals surface area contributed by atoms with Crippen molar-refractivity contribution < 1.29 is 0 Å². The summed E-state index contributed by atoms with van der Waals surface area (Å²) < 4.78 is 0. The smallest absolute Gasteiger partial charge is 0.0920 e. The monoisotopic (exact) mass is 477 g/mol. The Labute approximate surface area is 212 Å². The molecule has 1 unspecified atom stereocenters. The van der Waals surface area contributed by atoms with Crippen molar-refractivity contribution in [1.29, 1.82) is 0 Å². The van der Waals surface area contributed by atoms with Gasteiger partial charge in [-0.1, -0.05) is 55.9 Å². The first-order chi connectivity index (χ1) is 16.9. The van der Waals surface area contributed by atoms with E-state index in [-0.39, 0.29) is 0 Å². The van der Waals surface area contributed by atoms with Crippen LogP contribution in [0.15, 0.2) is 99.5 Å². The zero-order chi connectivity index (χ0) is 24.6. The largest absolute Gasteiger partial charge is 0.303 e. The van der Waals surface area contributed by atoms with Gasteiger partial charge in [-0.15, -0.1) is 0 Å². The maximum atomic E-state index is 4.69. The summed E-state index contributed by atoms with van der Waals surface area (Å²) in [6.45, 7) is 8.65. The van der Waals surface area contributed by atoms with E-state index in [1.807, 2.05) is 37.4 Å². The number of aromatic nitrogens is 1. The summed E-state index contributed by atoms with van der Waals surface area (Å²) in [5.74, 6) is 0.395. The number of aryl methyl sites for hydroxylation is 1. The Morgan fingerprint density at radius 2 is 1.83 bits per heavy atom. The molecule has 3 nitrogen and oxygen atoms in total. The van der Waals surface area contributed by atoms with E-state index >= 15 is 0 Å². The van der Waals surface area contributed by atoms with Crippen LogP contribution in [-0.2, 0) is 5.54 Å². The second-order valence-electron chi connectivity index (χ2n) is 9.55. The van der Waals surface area contributed by atoms with E-state index in [0.29, 0.717) is 5.92 Å². The molecule has 1 aromatic heterocycles. The fraction of sp³-hybridized carbons (Fsp3) is 0.226. The van der Waals surface area contributed by atoms with Crippen molar-refractivity contribution in [1.82, 2.24) is 10.3 Å². The van der Waals surface area contributed by atoms with Crippen LogP contribution in [-0.4, -0.2) is 18.2 Å². The molecular weight excluding hydrogens is 446 g/mol. The molecule has 6 bridgehead atoms. The molecule has 3 aromatic carbocycles. The summed E-state index contributed by atoms with van der Waals surface area (Å²) in [6, 6.07) is 24.4. The van der Waals surface area contributed by atoms with E-state index in [2.05, 4.69) is 110 Å². The maximum absolute atomic E-state index is 4.69. The molecule has 1 N–H and O–H groups in total. The number of pyridine rings is 1. The van der Waals surface area contributed by atoms with Crippen molar-refractivity contribution in [2.24, 2.45) is 10.9 Å². The molecule has 0 amide bonds. The zero-order valence-electron chi connectivity index (χ0n) is 21.0. The van der Waals surface area contributed by atoms with Crippen LogP contribution in [0.25, 0.3) is 22.0 Å². The first kappa shape index (κ1) is 23.5. The Kier molecular flexibility index (Phi) is 6.35. The van der Waals surface area contributed by atoms with Gasteiger partial charge in [0, 0.05) is 33.8 Å². The van der Waals surface area contributed by atoms with Gasteiger partial charge in [-0.25, -0.2) is 0 Å². The Morgan fingerprint density at radius 1 is 1.03 bits per heavy atom. The minimum Gasteiger partial charge on any atom is -0.303 e. The molecule has 4 heteroatoms. The van der Waals surface area contributed by atoms with Crippen molar-refractivity contribution in [2.75, 3.05) is 7.05 Å². The van der Waals surface area contributed by atoms with E-state index in [1.165, 1.54) is 37.6 Å². The third kappa shape index (κ3) is 4.22. The van der Waals surface area contributed by atoms with Crippen LogP contribution in [0.5, 0.6) is 0 Å². The van der Waals surface area contributed by atoms with Gasteiger partial charge in [0.15, 0.2) is 0 Å². The quantitative estimate of drug-likeness (QED) is 0.305. The number of nitrogens with zero attached hydrogens (tertiary/aromatic N) is 2. The van der Waals surface area contributed by atoms with E-state index in [1.54, 1.807) is 0 Å². The van der Waals surface area contributed by atoms with Crippen molar-refractivity contribution >= 4 is 28.9 Å². The highest BCUT2D eigenvalue weighted by molar-refractivity contribution is 7.99. The minimum atomic E-state index is -0.536. The average Bonchev–Trinajstić information content (AvgIpc) is 2.85. The first-order valence-electron chi connectivity index (χ1n) is 12.1. The van der Waals surface area contributed by atoms with Gasteiger partial charge in [0.1, 0.15) is 0 Å². The van der Waals surface area contributed by atoms with Gasteiger partial charge in [-0.2, -0.15) is 0 Å². The van der Waals surface area contributed by atoms with Crippen molar-refractivity contribution in [2.45, 2.75) is 43.0 Å². The molecule has 5 rings (SSSR count). The van der Waals surface area contributed by atoms with Crippen molar-refractivity contribution in [3.8, 4) is 11.1 Å². The van der Waals surface area contributed by atoms with Gasteiger partial charge in [-0.3, -0.25) is 9.98 Å². The van der Waals surface area contributed by atoms with E-state index < -0.39 is 5.54 Å². The Morgan fingerprint density at radius 3 is 2.63 bits per heavy atom. The average molecular weight is 478 g/mol. The lowest BCUT2D eigenvalue weighted by Gasteiger charge is -2.37. The number of nitrogens with one attached hydrogen (secondary N) is 1. The third-order valence-corrected chi connectivity index (χ3v) is 7.94. The van der Waals surface area contributed by atoms with Crippen LogP contribution < -0.4 is 5.32 Å². The normalized spacial score (nSPS) is 17.7. The zero-order valence-corrected chi connectivity index (χ0v) is 21.8. The highest BCUT2D eigenvalue weighted by atomic mass is 32.2. The molecule has 4 aromatic rings. The third-order valence-electron chi connectivity index (χ3n) is 6.79. The molecule has 0 fully saturated rings. The maximum Gasteiger partial charge on any atom is 0.0920 e. The summed E-state index contributed by atoms with van der Waals surface area (Å²) in [5.41, 5.74) is 7.64. The summed E-state index contributed by atoms with van der Waals surface area (Å²) in [5, 5.41) is 4.86. The van der Waals surface area contributed by atoms with Crippen LogP contribution in [0, 0.1) is 12.8 Å². The van der Waals surface area contributed by atoms with Gasteiger partial charge in [0.25, 0.3) is 0 Å². The molecule has 0 aliphatic carbocycles. The summed E-state index contributed by atoms with van der Waals surface area (Å²) in [6.07, 6.45) is 5.91. The summed E-state index contributed by atoms with van der Waals surface area (Å²) in [4.78, 5) is 11.9. The molecular formula is C31H31N3S. The second-order valence-corrected chi connectivity index (χ2v) is 10.7. The Balaban J connectivity index is 1.88. The summed E-state index contributed by atoms with van der Waals surface area (Å²) in [7, 11) is 2.04. The molecule has 0 radical (unpaired) electrons. The molecule has 0 saturated carbocycles. The van der Waals surface area contributed by atoms with Crippen LogP contribution in [0.3, 0.4) is 0 Å². The van der Waals surface area contributed by atoms with Crippen molar-refractivity contribution in [3.63, 3.8) is 0 Å². The molecule has 1 aliphatic rings. The Bertz CT molecular complexity index is 1470. The van der Waals surface area contributed by atoms with E-state index in [0.717, 1.165) is 16.5 Å². The standard InChI is InChI=1S/C31H31N3S/c1-20(2)18-33-19-22(4)31(32-5)24-11-12-29-28(16-24)27(13-14-34-29)23-7-6-8-26(15-23)35-30-17-25(31)10-9-21(30)3/h6-20,32H,1-5H3/b22-19+,33-18?. The van der Waals surface area contributed by atoms with Gasteiger partial charge < -0.3 is 5.32 Å². The Hall–Kier alpha value is -3.21. The van der Waals surface area contributed by atoms with Gasteiger partial charge in [0.2, 0.25) is 0 Å². The van der Waals surface area contributed by atoms with Crippen LogP contribution in [0.2, 0.25) is 0 Å². The fourth-order valence-electron chi connectivity index (χ4n) is 4.96. The van der Waals surface area contributed by atoms with Crippen LogP contribution in [0.4, 0.5) is 0 Å². The van der Waals surface area contributed by atoms with E-state index in [9.17, 15) is 0 Å². The predicted octanol–water partition coefficient (Wildman–Crippen LogP) is 7.77. The lowest BCUT2D eigenvalue weighted by molar-refractivity contribution is 0.511. The lowest BCUT2D eigenvalue weighted by Crippen LogP contribution is -2.42. The second kappa shape index (κ2) is 9.44. The molecule has 176 valence electrons. The number of hydrogen-bond acceptors (Lipinski definition) is 4. The topological polar surface area (TPSA) is 37.3 Å². The fourth-order valence-corrected chi connectivity index (χ4v) is 5.96. The number of hydrogen-bond donors (Lipinski definition) is 1. The highest BCUT2D eigenvalue weighted by Crippen LogP contribution is 2.43. The molecule has 1 atom stereocenters. The first-order valence-corrected chi connectivity index (χ1v) is 12.9. The predicted molar refractivity (Wildman–Crippen MR) is 149 cm³/mol. The van der Waals surface area contributed by atoms with Crippen molar-refractivity contribution in [3.05, 3.63) is 101 Å². The number of aliphatic imine (C=N–C) groups is 1. The van der Waals surface area contributed by atoms with Gasteiger partial charge >= 0.3 is 0 Å². The molecule has 0 spiro atoms. The number of benzene rings is 3. The minimum absolute atomic E-state index is 0.395. The molecule has 1 aliphatic heterocycles. The lowest BCUT2D eigenvalue weighted by atomic mass is 9.76. The van der Waals surface area contributed by atoms with E-state index in [4.69, 9.17) is 0 Å². The summed E-state index contributed by atoms with van der Waals surface area (Å²) >= 11 is 1.82.